The van der Waals surface area contributed by atoms with Gasteiger partial charge in [-0.1, -0.05) is 19.8 Å². The molecule has 0 spiro atoms. The summed E-state index contributed by atoms with van der Waals surface area (Å²) in [6.45, 7) is 2.13. The standard InChI is InChI=1S/C7H14O/c1-6-4-2-3-5-7(6)8/h6-8H,2-5H2,1H3/t6-,7?/m0/s1. The minimum atomic E-state index is 0.00347. The third kappa shape index (κ3) is 1.22. The van der Waals surface area contributed by atoms with E-state index in [-0.39, 0.29) is 6.10 Å². The van der Waals surface area contributed by atoms with Crippen molar-refractivity contribution < 1.29 is 5.11 Å². The fourth-order valence-electron chi connectivity index (χ4n) is 1.30. The quantitative estimate of drug-likeness (QED) is 0.506. The average molecular weight is 114 g/mol. The predicted molar refractivity (Wildman–Crippen MR) is 33.6 cm³/mol. The zero-order valence-electron chi connectivity index (χ0n) is 5.43. The van der Waals surface area contributed by atoms with Crippen LogP contribution in [0.4, 0.5) is 0 Å². The zero-order chi connectivity index (χ0) is 5.98. The molecule has 0 aromatic heterocycles. The highest BCUT2D eigenvalue weighted by Crippen LogP contribution is 2.22. The van der Waals surface area contributed by atoms with Gasteiger partial charge in [-0.2, -0.15) is 0 Å². The predicted octanol–water partition coefficient (Wildman–Crippen LogP) is 1.56. The van der Waals surface area contributed by atoms with E-state index in [1.54, 1.807) is 0 Å². The summed E-state index contributed by atoms with van der Waals surface area (Å²) in [4.78, 5) is 0. The van der Waals surface area contributed by atoms with Crippen molar-refractivity contribution >= 4 is 0 Å². The van der Waals surface area contributed by atoms with Crippen LogP contribution >= 0.6 is 0 Å². The van der Waals surface area contributed by atoms with Crippen LogP contribution in [0.15, 0.2) is 0 Å². The fourth-order valence-corrected chi connectivity index (χ4v) is 1.30. The topological polar surface area (TPSA) is 20.2 Å². The van der Waals surface area contributed by atoms with Gasteiger partial charge in [0.25, 0.3) is 0 Å². The van der Waals surface area contributed by atoms with Crippen LogP contribution < -0.4 is 0 Å². The van der Waals surface area contributed by atoms with Crippen molar-refractivity contribution in [1.29, 1.82) is 0 Å². The van der Waals surface area contributed by atoms with Crippen LogP contribution in [0.3, 0.4) is 0 Å². The van der Waals surface area contributed by atoms with E-state index in [2.05, 4.69) is 6.92 Å². The smallest absolute Gasteiger partial charge is 0.0565 e. The number of aliphatic hydroxyl groups excluding tert-OH is 1. The number of hydrogen-bond donors (Lipinski definition) is 1. The monoisotopic (exact) mass is 114 g/mol. The van der Waals surface area contributed by atoms with Gasteiger partial charge in [0.05, 0.1) is 6.10 Å². The summed E-state index contributed by atoms with van der Waals surface area (Å²) >= 11 is 0. The van der Waals surface area contributed by atoms with Gasteiger partial charge < -0.3 is 5.11 Å². The first-order chi connectivity index (χ1) is 3.80. The summed E-state index contributed by atoms with van der Waals surface area (Å²) in [5.41, 5.74) is 0. The van der Waals surface area contributed by atoms with Crippen LogP contribution in [-0.2, 0) is 0 Å². The van der Waals surface area contributed by atoms with Crippen molar-refractivity contribution in [1.82, 2.24) is 0 Å². The molecule has 1 heteroatoms. The minimum absolute atomic E-state index is 0.00347. The first kappa shape index (κ1) is 6.09. The number of aliphatic hydroxyl groups is 1. The molecule has 0 radical (unpaired) electrons. The molecule has 1 nitrogen and oxygen atoms in total. The van der Waals surface area contributed by atoms with Crippen molar-refractivity contribution in [2.45, 2.75) is 38.7 Å². The van der Waals surface area contributed by atoms with Gasteiger partial charge in [-0.05, 0) is 18.8 Å². The Morgan fingerprint density at radius 1 is 1.25 bits per heavy atom. The van der Waals surface area contributed by atoms with E-state index in [1.807, 2.05) is 0 Å². The fraction of sp³-hybridized carbons (Fsp3) is 1.00. The summed E-state index contributed by atoms with van der Waals surface area (Å²) in [5, 5.41) is 9.18. The molecule has 1 N–H and O–H groups in total. The molecule has 0 amide bonds. The van der Waals surface area contributed by atoms with Gasteiger partial charge in [-0.25, -0.2) is 0 Å². The lowest BCUT2D eigenvalue weighted by Gasteiger charge is -2.23. The molecule has 1 aliphatic carbocycles. The van der Waals surface area contributed by atoms with Crippen molar-refractivity contribution in [3.05, 3.63) is 0 Å². The van der Waals surface area contributed by atoms with E-state index < -0.39 is 0 Å². The van der Waals surface area contributed by atoms with Crippen LogP contribution in [0, 0.1) is 5.92 Å². The van der Waals surface area contributed by atoms with E-state index in [0.29, 0.717) is 5.92 Å². The zero-order valence-corrected chi connectivity index (χ0v) is 5.43. The lowest BCUT2D eigenvalue weighted by molar-refractivity contribution is 0.0793. The van der Waals surface area contributed by atoms with E-state index in [4.69, 9.17) is 0 Å². The van der Waals surface area contributed by atoms with Gasteiger partial charge in [0, 0.05) is 0 Å². The molecule has 0 heterocycles. The van der Waals surface area contributed by atoms with Gasteiger partial charge in [0.2, 0.25) is 0 Å². The lowest BCUT2D eigenvalue weighted by Crippen LogP contribution is -2.21. The molecule has 0 bridgehead atoms. The van der Waals surface area contributed by atoms with Crippen molar-refractivity contribution in [2.75, 3.05) is 0 Å². The molecule has 1 unspecified atom stereocenters. The van der Waals surface area contributed by atoms with Gasteiger partial charge >= 0.3 is 0 Å². The maximum Gasteiger partial charge on any atom is 0.0565 e. The van der Waals surface area contributed by atoms with Crippen molar-refractivity contribution in [3.63, 3.8) is 0 Å². The Bertz CT molecular complexity index is 60.8. The highest BCUT2D eigenvalue weighted by atomic mass is 16.3. The van der Waals surface area contributed by atoms with Gasteiger partial charge in [0.15, 0.2) is 0 Å². The second kappa shape index (κ2) is 2.49. The molecule has 0 aromatic rings. The van der Waals surface area contributed by atoms with Gasteiger partial charge in [0.1, 0.15) is 0 Å². The highest BCUT2D eigenvalue weighted by molar-refractivity contribution is 4.69. The van der Waals surface area contributed by atoms with Crippen molar-refractivity contribution in [2.24, 2.45) is 5.92 Å². The van der Waals surface area contributed by atoms with E-state index in [9.17, 15) is 5.11 Å². The highest BCUT2D eigenvalue weighted by Gasteiger charge is 2.17. The first-order valence-corrected chi connectivity index (χ1v) is 3.49. The molecule has 1 aliphatic rings. The van der Waals surface area contributed by atoms with E-state index >= 15 is 0 Å². The molecular weight excluding hydrogens is 100 g/mol. The molecular formula is C7H14O. The van der Waals surface area contributed by atoms with Crippen LogP contribution in [0.25, 0.3) is 0 Å². The van der Waals surface area contributed by atoms with Crippen LogP contribution in [0.2, 0.25) is 0 Å². The Kier molecular flexibility index (Phi) is 1.90. The first-order valence-electron chi connectivity index (χ1n) is 3.49. The summed E-state index contributed by atoms with van der Waals surface area (Å²) in [6.07, 6.45) is 4.80. The van der Waals surface area contributed by atoms with Crippen LogP contribution in [-0.4, -0.2) is 11.2 Å². The van der Waals surface area contributed by atoms with E-state index in [0.717, 1.165) is 6.42 Å². The molecule has 1 saturated carbocycles. The number of rotatable bonds is 0. The molecule has 1 rings (SSSR count). The second-order valence-corrected chi connectivity index (χ2v) is 2.83. The van der Waals surface area contributed by atoms with Crippen LogP contribution in [0.1, 0.15) is 32.6 Å². The molecule has 0 aromatic carbocycles. The average Bonchev–Trinajstić information content (AvgIpc) is 1.77. The lowest BCUT2D eigenvalue weighted by atomic mass is 9.88. The maximum absolute atomic E-state index is 9.18. The third-order valence-electron chi connectivity index (χ3n) is 2.07. The van der Waals surface area contributed by atoms with Crippen molar-refractivity contribution in [3.8, 4) is 0 Å². The Hall–Kier alpha value is -0.0400. The molecule has 2 atom stereocenters. The SMILES string of the molecule is C[C@H]1CCCCC1O. The summed E-state index contributed by atoms with van der Waals surface area (Å²) in [7, 11) is 0. The largest absolute Gasteiger partial charge is 0.393 e. The molecule has 0 aliphatic heterocycles. The van der Waals surface area contributed by atoms with Gasteiger partial charge in [-0.3, -0.25) is 0 Å². The Labute approximate surface area is 50.7 Å². The van der Waals surface area contributed by atoms with Crippen LogP contribution in [0.5, 0.6) is 0 Å². The number of hydrogen-bond acceptors (Lipinski definition) is 1. The van der Waals surface area contributed by atoms with Gasteiger partial charge in [-0.15, -0.1) is 0 Å². The summed E-state index contributed by atoms with van der Waals surface area (Å²) in [5.74, 6) is 0.559. The molecule has 8 heavy (non-hydrogen) atoms. The molecule has 1 fully saturated rings. The summed E-state index contributed by atoms with van der Waals surface area (Å²) < 4.78 is 0. The maximum atomic E-state index is 9.18. The Balaban J connectivity index is 2.28. The van der Waals surface area contributed by atoms with E-state index in [1.165, 1.54) is 19.3 Å². The Morgan fingerprint density at radius 3 is 2.25 bits per heavy atom. The molecule has 48 valence electrons. The second-order valence-electron chi connectivity index (χ2n) is 2.83. The normalized spacial score (nSPS) is 39.8. The third-order valence-corrected chi connectivity index (χ3v) is 2.07. The Morgan fingerprint density at radius 2 is 1.88 bits per heavy atom. The summed E-state index contributed by atoms with van der Waals surface area (Å²) in [6, 6.07) is 0. The minimum Gasteiger partial charge on any atom is -0.393 e. The molecule has 0 saturated heterocycles.